The van der Waals surface area contributed by atoms with Crippen molar-refractivity contribution in [3.05, 3.63) is 41.5 Å². The van der Waals surface area contributed by atoms with Crippen molar-refractivity contribution < 1.29 is 9.26 Å². The fourth-order valence-electron chi connectivity index (χ4n) is 2.70. The highest BCUT2D eigenvalue weighted by atomic mass is 16.5. The maximum absolute atomic E-state index is 5.50. The Balaban J connectivity index is 1.87. The predicted octanol–water partition coefficient (Wildman–Crippen LogP) is 3.62. The van der Waals surface area contributed by atoms with Crippen LogP contribution in [0.4, 0.5) is 0 Å². The zero-order valence-corrected chi connectivity index (χ0v) is 17.7. The summed E-state index contributed by atoms with van der Waals surface area (Å²) >= 11 is 0. The number of aliphatic imine (C=N–C) groups is 1. The van der Waals surface area contributed by atoms with Crippen LogP contribution in [0.1, 0.15) is 57.3 Å². The zero-order chi connectivity index (χ0) is 20.4. The first-order valence-electron chi connectivity index (χ1n) is 10.1. The fraction of sp³-hybridized carbons (Fsp3) is 0.571. The Labute approximate surface area is 168 Å². The van der Waals surface area contributed by atoms with E-state index in [9.17, 15) is 0 Å². The number of nitrogens with one attached hydrogen (secondary N) is 1. The molecule has 28 heavy (non-hydrogen) atoms. The Morgan fingerprint density at radius 1 is 1.25 bits per heavy atom. The number of aryl methyl sites for hydroxylation is 1. The van der Waals surface area contributed by atoms with E-state index >= 15 is 0 Å². The quantitative estimate of drug-likeness (QED) is 0.381. The monoisotopic (exact) mass is 387 g/mol. The van der Waals surface area contributed by atoms with Crippen molar-refractivity contribution in [1.82, 2.24) is 20.4 Å². The number of guanidine groups is 1. The third-order valence-electron chi connectivity index (χ3n) is 4.16. The molecule has 0 saturated heterocycles. The van der Waals surface area contributed by atoms with Gasteiger partial charge in [-0.2, -0.15) is 4.98 Å². The molecule has 0 aliphatic carbocycles. The first-order chi connectivity index (χ1) is 13.5. The van der Waals surface area contributed by atoms with Crippen LogP contribution in [-0.4, -0.2) is 47.7 Å². The van der Waals surface area contributed by atoms with E-state index in [0.717, 1.165) is 43.5 Å². The lowest BCUT2D eigenvalue weighted by molar-refractivity contribution is 0.340. The molecule has 0 amide bonds. The molecule has 1 N–H and O–H groups in total. The van der Waals surface area contributed by atoms with Crippen molar-refractivity contribution in [2.45, 2.75) is 53.0 Å². The number of rotatable bonds is 10. The highest BCUT2D eigenvalue weighted by molar-refractivity contribution is 5.79. The van der Waals surface area contributed by atoms with Gasteiger partial charge in [-0.15, -0.1) is 0 Å². The van der Waals surface area contributed by atoms with Gasteiger partial charge in [0.15, 0.2) is 11.8 Å². The van der Waals surface area contributed by atoms with E-state index in [4.69, 9.17) is 14.3 Å². The molecule has 1 aromatic heterocycles. The van der Waals surface area contributed by atoms with Crippen molar-refractivity contribution in [2.24, 2.45) is 4.99 Å². The Hall–Kier alpha value is -2.57. The Bertz CT molecular complexity index is 725. The lowest BCUT2D eigenvalue weighted by Crippen LogP contribution is -2.38. The third kappa shape index (κ3) is 6.87. The summed E-state index contributed by atoms with van der Waals surface area (Å²) < 4.78 is 10.8. The van der Waals surface area contributed by atoms with Crippen LogP contribution < -0.4 is 10.1 Å². The molecule has 0 aliphatic heterocycles. The van der Waals surface area contributed by atoms with Gasteiger partial charge in [-0.05, 0) is 38.0 Å². The molecule has 0 spiro atoms. The largest absolute Gasteiger partial charge is 0.494 e. The lowest BCUT2D eigenvalue weighted by Gasteiger charge is -2.22. The van der Waals surface area contributed by atoms with Crippen LogP contribution in [0.2, 0.25) is 0 Å². The van der Waals surface area contributed by atoms with Crippen LogP contribution in [0.15, 0.2) is 33.8 Å². The van der Waals surface area contributed by atoms with Crippen molar-refractivity contribution in [3.8, 4) is 5.75 Å². The molecular formula is C21H33N5O2. The Kier molecular flexibility index (Phi) is 8.78. The van der Waals surface area contributed by atoms with Gasteiger partial charge in [0.05, 0.1) is 6.61 Å². The number of nitrogens with zero attached hydrogens (tertiary/aromatic N) is 4. The second-order valence-electron chi connectivity index (χ2n) is 6.97. The molecule has 7 heteroatoms. The van der Waals surface area contributed by atoms with Crippen LogP contribution in [0.25, 0.3) is 0 Å². The standard InChI is InChI=1S/C21H33N5O2/c1-6-22-21(23-14-8-9-19-24-20(16(3)4)25-28-19)26(5)15-17-10-12-18(13-11-17)27-7-2/h10-13,16H,6-9,14-15H2,1-5H3,(H,22,23). The van der Waals surface area contributed by atoms with Crippen molar-refractivity contribution in [2.75, 3.05) is 26.7 Å². The van der Waals surface area contributed by atoms with Gasteiger partial charge in [0.2, 0.25) is 5.89 Å². The summed E-state index contributed by atoms with van der Waals surface area (Å²) in [6.07, 6.45) is 1.61. The van der Waals surface area contributed by atoms with E-state index in [1.807, 2.05) is 26.1 Å². The number of hydrogen-bond donors (Lipinski definition) is 1. The van der Waals surface area contributed by atoms with E-state index in [0.29, 0.717) is 19.0 Å². The topological polar surface area (TPSA) is 75.8 Å². The smallest absolute Gasteiger partial charge is 0.226 e. The number of benzene rings is 1. The molecule has 1 aromatic carbocycles. The fourth-order valence-corrected chi connectivity index (χ4v) is 2.70. The minimum Gasteiger partial charge on any atom is -0.494 e. The molecule has 0 radical (unpaired) electrons. The summed E-state index contributed by atoms with van der Waals surface area (Å²) in [4.78, 5) is 11.3. The molecule has 0 aliphatic rings. The SMILES string of the molecule is CCNC(=NCCCc1nc(C(C)C)no1)N(C)Cc1ccc(OCC)cc1. The number of ether oxygens (including phenoxy) is 1. The minimum absolute atomic E-state index is 0.284. The van der Waals surface area contributed by atoms with Gasteiger partial charge < -0.3 is 19.5 Å². The summed E-state index contributed by atoms with van der Waals surface area (Å²) in [5.41, 5.74) is 1.21. The highest BCUT2D eigenvalue weighted by Crippen LogP contribution is 2.13. The predicted molar refractivity (Wildman–Crippen MR) is 112 cm³/mol. The molecule has 2 rings (SSSR count). The average molecular weight is 388 g/mol. The summed E-state index contributed by atoms with van der Waals surface area (Å²) in [5.74, 6) is 3.53. The molecular weight excluding hydrogens is 354 g/mol. The molecule has 2 aromatic rings. The van der Waals surface area contributed by atoms with E-state index < -0.39 is 0 Å². The van der Waals surface area contributed by atoms with Gasteiger partial charge in [0.1, 0.15) is 5.75 Å². The summed E-state index contributed by atoms with van der Waals surface area (Å²) in [5, 5.41) is 7.35. The van der Waals surface area contributed by atoms with Gasteiger partial charge in [-0.3, -0.25) is 4.99 Å². The molecule has 7 nitrogen and oxygen atoms in total. The number of hydrogen-bond acceptors (Lipinski definition) is 5. The second kappa shape index (κ2) is 11.3. The normalized spacial score (nSPS) is 11.7. The van der Waals surface area contributed by atoms with Crippen molar-refractivity contribution >= 4 is 5.96 Å². The van der Waals surface area contributed by atoms with Crippen molar-refractivity contribution in [1.29, 1.82) is 0 Å². The maximum atomic E-state index is 5.50. The van der Waals surface area contributed by atoms with Crippen LogP contribution in [0.5, 0.6) is 5.75 Å². The Morgan fingerprint density at radius 3 is 2.61 bits per heavy atom. The van der Waals surface area contributed by atoms with Crippen LogP contribution in [0, 0.1) is 0 Å². The van der Waals surface area contributed by atoms with Gasteiger partial charge in [0.25, 0.3) is 0 Å². The molecule has 1 heterocycles. The first kappa shape index (κ1) is 21.7. The molecule has 0 unspecified atom stereocenters. The molecule has 0 atom stereocenters. The summed E-state index contributed by atoms with van der Waals surface area (Å²) in [6.45, 7) is 11.2. The van der Waals surface area contributed by atoms with E-state index in [-0.39, 0.29) is 5.92 Å². The number of aromatic nitrogens is 2. The van der Waals surface area contributed by atoms with E-state index in [1.165, 1.54) is 5.56 Å². The van der Waals surface area contributed by atoms with E-state index in [2.05, 4.69) is 53.3 Å². The van der Waals surface area contributed by atoms with Gasteiger partial charge >= 0.3 is 0 Å². The van der Waals surface area contributed by atoms with Gasteiger partial charge in [-0.1, -0.05) is 31.1 Å². The minimum atomic E-state index is 0.284. The Morgan fingerprint density at radius 2 is 2.00 bits per heavy atom. The first-order valence-corrected chi connectivity index (χ1v) is 10.1. The second-order valence-corrected chi connectivity index (χ2v) is 6.97. The summed E-state index contributed by atoms with van der Waals surface area (Å²) in [6, 6.07) is 8.19. The van der Waals surface area contributed by atoms with Crippen LogP contribution in [0.3, 0.4) is 0 Å². The zero-order valence-electron chi connectivity index (χ0n) is 17.7. The van der Waals surface area contributed by atoms with E-state index in [1.54, 1.807) is 0 Å². The highest BCUT2D eigenvalue weighted by Gasteiger charge is 2.10. The molecule has 0 bridgehead atoms. The molecule has 0 fully saturated rings. The van der Waals surface area contributed by atoms with Crippen LogP contribution in [-0.2, 0) is 13.0 Å². The molecule has 154 valence electrons. The lowest BCUT2D eigenvalue weighted by atomic mass is 10.2. The van der Waals surface area contributed by atoms with Crippen molar-refractivity contribution in [3.63, 3.8) is 0 Å². The van der Waals surface area contributed by atoms with Crippen LogP contribution >= 0.6 is 0 Å². The summed E-state index contributed by atoms with van der Waals surface area (Å²) in [7, 11) is 2.05. The third-order valence-corrected chi connectivity index (χ3v) is 4.16. The maximum Gasteiger partial charge on any atom is 0.226 e. The average Bonchev–Trinajstić information content (AvgIpc) is 3.15. The van der Waals surface area contributed by atoms with Gasteiger partial charge in [-0.25, -0.2) is 0 Å². The van der Waals surface area contributed by atoms with Gasteiger partial charge in [0, 0.05) is 39.0 Å². The molecule has 0 saturated carbocycles.